The minimum Gasteiger partial charge on any atom is -0.481 e. The first-order chi connectivity index (χ1) is 12.3. The Morgan fingerprint density at radius 1 is 1.38 bits per heavy atom. The highest BCUT2D eigenvalue weighted by molar-refractivity contribution is 14.0. The van der Waals surface area contributed by atoms with E-state index >= 15 is 0 Å². The number of aliphatic imine (C=N–C) groups is 1. The number of halogens is 1. The van der Waals surface area contributed by atoms with Gasteiger partial charge in [0.25, 0.3) is 0 Å². The summed E-state index contributed by atoms with van der Waals surface area (Å²) in [6, 6.07) is 4.53. The molecule has 3 rings (SSSR count). The average molecular weight is 475 g/mol. The second-order valence-corrected chi connectivity index (χ2v) is 6.41. The van der Waals surface area contributed by atoms with Crippen molar-refractivity contribution < 1.29 is 9.47 Å². The van der Waals surface area contributed by atoms with Gasteiger partial charge in [-0.3, -0.25) is 4.90 Å². The molecular formula is C18H30IN5O2. The molecular weight excluding hydrogens is 445 g/mol. The molecule has 1 aromatic heterocycles. The number of ether oxygens (including phenoxy) is 2. The molecule has 0 bridgehead atoms. The fourth-order valence-corrected chi connectivity index (χ4v) is 3.43. The Morgan fingerprint density at radius 3 is 2.92 bits per heavy atom. The SMILES string of the molecule is CCNC(=NCc1ccnc(OC)c1)N1CCC(N2CCOCC2)C1.I. The van der Waals surface area contributed by atoms with E-state index < -0.39 is 0 Å². The van der Waals surface area contributed by atoms with Crippen molar-refractivity contribution in [2.45, 2.75) is 25.9 Å². The van der Waals surface area contributed by atoms with Gasteiger partial charge in [0.15, 0.2) is 5.96 Å². The molecule has 1 N–H and O–H groups in total. The molecule has 0 spiro atoms. The molecule has 2 fully saturated rings. The van der Waals surface area contributed by atoms with Crippen LogP contribution < -0.4 is 10.1 Å². The third-order valence-corrected chi connectivity index (χ3v) is 4.78. The Hall–Kier alpha value is -1.13. The Balaban J connectivity index is 0.00000243. The summed E-state index contributed by atoms with van der Waals surface area (Å²) >= 11 is 0. The van der Waals surface area contributed by atoms with Crippen molar-refractivity contribution in [2.24, 2.45) is 4.99 Å². The van der Waals surface area contributed by atoms with Crippen LogP contribution in [-0.4, -0.2) is 79.8 Å². The molecule has 0 aromatic carbocycles. The summed E-state index contributed by atoms with van der Waals surface area (Å²) in [5.74, 6) is 1.63. The molecule has 1 aromatic rings. The Kier molecular flexibility index (Phi) is 8.86. The lowest BCUT2D eigenvalue weighted by Crippen LogP contribution is -2.46. The van der Waals surface area contributed by atoms with Crippen LogP contribution in [0.4, 0.5) is 0 Å². The quantitative estimate of drug-likeness (QED) is 0.397. The lowest BCUT2D eigenvalue weighted by atomic mass is 10.2. The number of rotatable bonds is 5. The van der Waals surface area contributed by atoms with Crippen molar-refractivity contribution >= 4 is 29.9 Å². The number of likely N-dealkylation sites (tertiary alicyclic amines) is 1. The summed E-state index contributed by atoms with van der Waals surface area (Å²) in [6.07, 6.45) is 2.95. The Labute approximate surface area is 173 Å². The number of guanidine groups is 1. The summed E-state index contributed by atoms with van der Waals surface area (Å²) in [7, 11) is 1.63. The van der Waals surface area contributed by atoms with Crippen LogP contribution in [-0.2, 0) is 11.3 Å². The van der Waals surface area contributed by atoms with E-state index in [4.69, 9.17) is 14.5 Å². The maximum absolute atomic E-state index is 5.47. The van der Waals surface area contributed by atoms with Crippen LogP contribution in [0.25, 0.3) is 0 Å². The third kappa shape index (κ3) is 5.68. The van der Waals surface area contributed by atoms with E-state index in [9.17, 15) is 0 Å². The van der Waals surface area contributed by atoms with Gasteiger partial charge in [-0.2, -0.15) is 0 Å². The number of morpholine rings is 1. The first kappa shape index (κ1) is 21.2. The first-order valence-corrected chi connectivity index (χ1v) is 9.14. The van der Waals surface area contributed by atoms with Crippen LogP contribution in [0.3, 0.4) is 0 Å². The maximum Gasteiger partial charge on any atom is 0.213 e. The zero-order valence-corrected chi connectivity index (χ0v) is 18.0. The van der Waals surface area contributed by atoms with Gasteiger partial charge in [0.1, 0.15) is 0 Å². The molecule has 2 aliphatic heterocycles. The van der Waals surface area contributed by atoms with Gasteiger partial charge >= 0.3 is 0 Å². The highest BCUT2D eigenvalue weighted by Crippen LogP contribution is 2.17. The number of nitrogens with one attached hydrogen (secondary N) is 1. The van der Waals surface area contributed by atoms with Crippen molar-refractivity contribution in [2.75, 3.05) is 53.0 Å². The average Bonchev–Trinajstić information content (AvgIpc) is 3.16. The second-order valence-electron chi connectivity index (χ2n) is 6.41. The normalized spacial score (nSPS) is 21.4. The van der Waals surface area contributed by atoms with Crippen LogP contribution in [0.1, 0.15) is 18.9 Å². The largest absolute Gasteiger partial charge is 0.481 e. The molecule has 2 saturated heterocycles. The van der Waals surface area contributed by atoms with E-state index in [1.807, 2.05) is 12.1 Å². The molecule has 0 saturated carbocycles. The molecule has 1 atom stereocenters. The Morgan fingerprint density at radius 2 is 2.19 bits per heavy atom. The van der Waals surface area contributed by atoms with Crippen molar-refractivity contribution in [3.63, 3.8) is 0 Å². The molecule has 146 valence electrons. The van der Waals surface area contributed by atoms with Crippen molar-refractivity contribution in [1.82, 2.24) is 20.1 Å². The summed E-state index contributed by atoms with van der Waals surface area (Å²) < 4.78 is 10.7. The van der Waals surface area contributed by atoms with Crippen molar-refractivity contribution in [3.8, 4) is 5.88 Å². The standard InChI is InChI=1S/C18H29N5O2.HI/c1-3-19-18(21-13-15-4-6-20-17(12-15)24-2)23-7-5-16(14-23)22-8-10-25-11-9-22;/h4,6,12,16H,3,5,7-11,13-14H2,1-2H3,(H,19,21);1H. The molecule has 1 unspecified atom stereocenters. The van der Waals surface area contributed by atoms with Gasteiger partial charge in [-0.05, 0) is 25.0 Å². The summed E-state index contributed by atoms with van der Waals surface area (Å²) in [5, 5.41) is 3.43. The fourth-order valence-electron chi connectivity index (χ4n) is 3.43. The number of nitrogens with zero attached hydrogens (tertiary/aromatic N) is 4. The maximum atomic E-state index is 5.47. The summed E-state index contributed by atoms with van der Waals surface area (Å²) in [5.41, 5.74) is 1.10. The van der Waals surface area contributed by atoms with Gasteiger partial charge < -0.3 is 19.7 Å². The number of hydrogen-bond acceptors (Lipinski definition) is 5. The molecule has 0 radical (unpaired) electrons. The van der Waals surface area contributed by atoms with E-state index in [0.29, 0.717) is 18.5 Å². The molecule has 0 amide bonds. The van der Waals surface area contributed by atoms with Gasteiger partial charge in [0, 0.05) is 51.0 Å². The molecule has 0 aliphatic carbocycles. The first-order valence-electron chi connectivity index (χ1n) is 9.14. The van der Waals surface area contributed by atoms with Crippen LogP contribution in [0, 0.1) is 0 Å². The molecule has 26 heavy (non-hydrogen) atoms. The lowest BCUT2D eigenvalue weighted by molar-refractivity contribution is 0.0195. The van der Waals surface area contributed by atoms with Crippen LogP contribution >= 0.6 is 24.0 Å². The van der Waals surface area contributed by atoms with Gasteiger partial charge in [0.2, 0.25) is 5.88 Å². The number of hydrogen-bond donors (Lipinski definition) is 1. The van der Waals surface area contributed by atoms with Crippen LogP contribution in [0.15, 0.2) is 23.3 Å². The number of pyridine rings is 1. The topological polar surface area (TPSA) is 62.2 Å². The summed E-state index contributed by atoms with van der Waals surface area (Å²) in [6.45, 7) is 9.49. The zero-order chi connectivity index (χ0) is 17.5. The minimum atomic E-state index is 0. The third-order valence-electron chi connectivity index (χ3n) is 4.78. The second kappa shape index (κ2) is 10.9. The predicted octanol–water partition coefficient (Wildman–Crippen LogP) is 1.58. The van der Waals surface area contributed by atoms with E-state index in [1.54, 1.807) is 13.3 Å². The molecule has 3 heterocycles. The molecule has 8 heteroatoms. The van der Waals surface area contributed by atoms with Gasteiger partial charge in [0.05, 0.1) is 26.9 Å². The van der Waals surface area contributed by atoms with Gasteiger partial charge in [-0.15, -0.1) is 24.0 Å². The molecule has 2 aliphatic rings. The summed E-state index contributed by atoms with van der Waals surface area (Å²) in [4.78, 5) is 13.9. The lowest BCUT2D eigenvalue weighted by Gasteiger charge is -2.32. The van der Waals surface area contributed by atoms with E-state index in [1.165, 1.54) is 6.42 Å². The zero-order valence-electron chi connectivity index (χ0n) is 15.7. The fraction of sp³-hybridized carbons (Fsp3) is 0.667. The van der Waals surface area contributed by atoms with Crippen LogP contribution in [0.5, 0.6) is 5.88 Å². The van der Waals surface area contributed by atoms with E-state index in [-0.39, 0.29) is 24.0 Å². The van der Waals surface area contributed by atoms with E-state index in [0.717, 1.165) is 57.5 Å². The predicted molar refractivity (Wildman–Crippen MR) is 113 cm³/mol. The van der Waals surface area contributed by atoms with E-state index in [2.05, 4.69) is 27.0 Å². The Bertz CT molecular complexity index is 580. The van der Waals surface area contributed by atoms with Gasteiger partial charge in [-0.1, -0.05) is 0 Å². The monoisotopic (exact) mass is 475 g/mol. The number of methoxy groups -OCH3 is 1. The van der Waals surface area contributed by atoms with Crippen molar-refractivity contribution in [1.29, 1.82) is 0 Å². The highest BCUT2D eigenvalue weighted by Gasteiger charge is 2.30. The number of aromatic nitrogens is 1. The van der Waals surface area contributed by atoms with Crippen molar-refractivity contribution in [3.05, 3.63) is 23.9 Å². The molecule has 7 nitrogen and oxygen atoms in total. The van der Waals surface area contributed by atoms with Crippen LogP contribution in [0.2, 0.25) is 0 Å². The van der Waals surface area contributed by atoms with Gasteiger partial charge in [-0.25, -0.2) is 9.98 Å². The highest BCUT2D eigenvalue weighted by atomic mass is 127. The minimum absolute atomic E-state index is 0. The smallest absolute Gasteiger partial charge is 0.213 e.